The van der Waals surface area contributed by atoms with E-state index in [9.17, 15) is 9.70 Å². The Labute approximate surface area is 148 Å². The number of nitroso groups, excluding NO2 is 1. The average molecular weight is 353 g/mol. The summed E-state index contributed by atoms with van der Waals surface area (Å²) in [5.74, 6) is 1.17. The van der Waals surface area contributed by atoms with Gasteiger partial charge in [-0.1, -0.05) is 12.1 Å². The molecule has 0 saturated heterocycles. The third-order valence-corrected chi connectivity index (χ3v) is 4.15. The summed E-state index contributed by atoms with van der Waals surface area (Å²) in [4.78, 5) is 22.4. The van der Waals surface area contributed by atoms with Gasteiger partial charge in [0.05, 0.1) is 12.1 Å². The maximum absolute atomic E-state index is 12.0. The zero-order valence-corrected chi connectivity index (χ0v) is 14.2. The van der Waals surface area contributed by atoms with Gasteiger partial charge in [-0.05, 0) is 71.7 Å². The SMILES string of the molecule is Cc1cc(NC(=O)Cc2ccc(Oc3ccc(N=O)cc3)cc2)sn1. The van der Waals surface area contributed by atoms with Crippen molar-refractivity contribution in [3.8, 4) is 11.5 Å². The minimum atomic E-state index is -0.0886. The second kappa shape index (κ2) is 7.67. The minimum Gasteiger partial charge on any atom is -0.457 e. The van der Waals surface area contributed by atoms with Crippen molar-refractivity contribution in [2.75, 3.05) is 5.32 Å². The number of aryl methyl sites for hydroxylation is 1. The van der Waals surface area contributed by atoms with Crippen LogP contribution in [0.2, 0.25) is 0 Å². The molecular formula is C18H15N3O3S. The van der Waals surface area contributed by atoms with Gasteiger partial charge < -0.3 is 10.1 Å². The first kappa shape index (κ1) is 16.8. The van der Waals surface area contributed by atoms with Gasteiger partial charge in [-0.15, -0.1) is 4.91 Å². The maximum atomic E-state index is 12.0. The van der Waals surface area contributed by atoms with Crippen LogP contribution in [-0.4, -0.2) is 10.3 Å². The molecule has 6 nitrogen and oxygen atoms in total. The summed E-state index contributed by atoms with van der Waals surface area (Å²) in [7, 11) is 0. The quantitative estimate of drug-likeness (QED) is 0.644. The van der Waals surface area contributed by atoms with E-state index >= 15 is 0 Å². The van der Waals surface area contributed by atoms with Gasteiger partial charge >= 0.3 is 0 Å². The molecule has 0 aliphatic heterocycles. The number of aromatic nitrogens is 1. The molecule has 1 amide bonds. The highest BCUT2D eigenvalue weighted by Crippen LogP contribution is 2.24. The molecule has 0 spiro atoms. The van der Waals surface area contributed by atoms with Crippen molar-refractivity contribution in [1.29, 1.82) is 0 Å². The van der Waals surface area contributed by atoms with E-state index in [4.69, 9.17) is 4.74 Å². The van der Waals surface area contributed by atoms with Gasteiger partial charge in [0, 0.05) is 0 Å². The van der Waals surface area contributed by atoms with Crippen molar-refractivity contribution in [3.63, 3.8) is 0 Å². The molecule has 0 atom stereocenters. The van der Waals surface area contributed by atoms with Gasteiger partial charge in [0.2, 0.25) is 5.91 Å². The molecule has 0 aliphatic carbocycles. The topological polar surface area (TPSA) is 80.6 Å². The predicted octanol–water partition coefficient (Wildman–Crippen LogP) is 4.82. The van der Waals surface area contributed by atoms with Crippen LogP contribution < -0.4 is 10.1 Å². The first-order valence-electron chi connectivity index (χ1n) is 7.56. The number of anilines is 1. The van der Waals surface area contributed by atoms with E-state index in [1.54, 1.807) is 36.4 Å². The number of nitrogens with zero attached hydrogens (tertiary/aromatic N) is 2. The Hall–Kier alpha value is -3.06. The summed E-state index contributed by atoms with van der Waals surface area (Å²) in [5, 5.41) is 6.42. The zero-order chi connectivity index (χ0) is 17.6. The van der Waals surface area contributed by atoms with Crippen LogP contribution >= 0.6 is 11.5 Å². The number of rotatable bonds is 6. The van der Waals surface area contributed by atoms with Gasteiger partial charge in [0.15, 0.2) is 0 Å². The molecule has 1 aromatic heterocycles. The van der Waals surface area contributed by atoms with Crippen LogP contribution in [0.25, 0.3) is 0 Å². The number of carbonyl (C=O) groups excluding carboxylic acids is 1. The van der Waals surface area contributed by atoms with Crippen LogP contribution in [0.1, 0.15) is 11.3 Å². The van der Waals surface area contributed by atoms with E-state index in [0.717, 1.165) is 16.3 Å². The molecule has 3 rings (SSSR count). The lowest BCUT2D eigenvalue weighted by Crippen LogP contribution is -2.13. The molecule has 0 radical (unpaired) electrons. The van der Waals surface area contributed by atoms with Gasteiger partial charge in [-0.25, -0.2) is 0 Å². The summed E-state index contributed by atoms with van der Waals surface area (Å²) >= 11 is 1.27. The molecule has 2 aromatic carbocycles. The number of amides is 1. The largest absolute Gasteiger partial charge is 0.457 e. The summed E-state index contributed by atoms with van der Waals surface area (Å²) in [6, 6.07) is 15.6. The molecule has 0 unspecified atom stereocenters. The van der Waals surface area contributed by atoms with Crippen LogP contribution in [-0.2, 0) is 11.2 Å². The number of ether oxygens (including phenoxy) is 1. The van der Waals surface area contributed by atoms with E-state index < -0.39 is 0 Å². The fraction of sp³-hybridized carbons (Fsp3) is 0.111. The molecule has 7 heteroatoms. The van der Waals surface area contributed by atoms with E-state index in [-0.39, 0.29) is 12.3 Å². The molecule has 126 valence electrons. The van der Waals surface area contributed by atoms with Crippen LogP contribution in [0.4, 0.5) is 10.7 Å². The van der Waals surface area contributed by atoms with Crippen molar-refractivity contribution < 1.29 is 9.53 Å². The van der Waals surface area contributed by atoms with Gasteiger partial charge in [-0.2, -0.15) is 4.37 Å². The molecule has 0 fully saturated rings. The van der Waals surface area contributed by atoms with Gasteiger partial charge in [0.1, 0.15) is 22.2 Å². The summed E-state index contributed by atoms with van der Waals surface area (Å²) in [6.45, 7) is 1.88. The number of benzene rings is 2. The monoisotopic (exact) mass is 353 g/mol. The molecule has 1 heterocycles. The second-order valence-corrected chi connectivity index (χ2v) is 6.19. The molecule has 1 N–H and O–H groups in total. The fourth-order valence-corrected chi connectivity index (χ4v) is 2.85. The third kappa shape index (κ3) is 4.71. The molecule has 3 aromatic rings. The Balaban J connectivity index is 1.57. The highest BCUT2D eigenvalue weighted by molar-refractivity contribution is 7.10. The van der Waals surface area contributed by atoms with Crippen LogP contribution in [0, 0.1) is 11.8 Å². The van der Waals surface area contributed by atoms with Crippen molar-refractivity contribution in [1.82, 2.24) is 4.37 Å². The normalized spacial score (nSPS) is 10.3. The number of hydrogen-bond donors (Lipinski definition) is 1. The Morgan fingerprint density at radius 3 is 2.32 bits per heavy atom. The Bertz CT molecular complexity index is 873. The third-order valence-electron chi connectivity index (χ3n) is 3.36. The van der Waals surface area contributed by atoms with Crippen LogP contribution in [0.15, 0.2) is 59.8 Å². The molecule has 0 aliphatic rings. The Kier molecular flexibility index (Phi) is 5.15. The molecule has 25 heavy (non-hydrogen) atoms. The Morgan fingerprint density at radius 2 is 1.76 bits per heavy atom. The van der Waals surface area contributed by atoms with Crippen LogP contribution in [0.3, 0.4) is 0 Å². The first-order valence-corrected chi connectivity index (χ1v) is 8.33. The highest BCUT2D eigenvalue weighted by Gasteiger charge is 2.07. The van der Waals surface area contributed by atoms with Gasteiger partial charge in [-0.3, -0.25) is 4.79 Å². The lowest BCUT2D eigenvalue weighted by atomic mass is 10.1. The first-order chi connectivity index (χ1) is 12.1. The summed E-state index contributed by atoms with van der Waals surface area (Å²) < 4.78 is 9.81. The lowest BCUT2D eigenvalue weighted by Gasteiger charge is -2.07. The van der Waals surface area contributed by atoms with E-state index in [0.29, 0.717) is 17.2 Å². The predicted molar refractivity (Wildman–Crippen MR) is 97.6 cm³/mol. The minimum absolute atomic E-state index is 0.0886. The number of carbonyl (C=O) groups is 1. The summed E-state index contributed by atoms with van der Waals surface area (Å²) in [5.41, 5.74) is 2.12. The standard InChI is InChI=1S/C18H15N3O3S/c1-12-10-18(25-21-12)19-17(22)11-13-2-6-15(7-3-13)24-16-8-4-14(20-23)5-9-16/h2-10H,11H2,1H3,(H,19,22). The smallest absolute Gasteiger partial charge is 0.229 e. The summed E-state index contributed by atoms with van der Waals surface area (Å²) in [6.07, 6.45) is 0.275. The van der Waals surface area contributed by atoms with Crippen molar-refractivity contribution in [2.24, 2.45) is 5.18 Å². The number of nitrogens with one attached hydrogen (secondary N) is 1. The van der Waals surface area contributed by atoms with Gasteiger partial charge in [0.25, 0.3) is 0 Å². The van der Waals surface area contributed by atoms with E-state index in [1.807, 2.05) is 25.1 Å². The van der Waals surface area contributed by atoms with Crippen molar-refractivity contribution in [2.45, 2.75) is 13.3 Å². The Morgan fingerprint density at radius 1 is 1.12 bits per heavy atom. The zero-order valence-electron chi connectivity index (χ0n) is 13.4. The molecule has 0 saturated carbocycles. The maximum Gasteiger partial charge on any atom is 0.229 e. The van der Waals surface area contributed by atoms with Crippen LogP contribution in [0.5, 0.6) is 11.5 Å². The molecule has 0 bridgehead atoms. The highest BCUT2D eigenvalue weighted by atomic mass is 32.1. The van der Waals surface area contributed by atoms with E-state index in [1.165, 1.54) is 11.5 Å². The van der Waals surface area contributed by atoms with Crippen molar-refractivity contribution >= 4 is 28.1 Å². The second-order valence-electron chi connectivity index (χ2n) is 5.39. The van der Waals surface area contributed by atoms with E-state index in [2.05, 4.69) is 14.9 Å². The average Bonchev–Trinajstić information content (AvgIpc) is 3.02. The molecular weight excluding hydrogens is 338 g/mol. The van der Waals surface area contributed by atoms with Crippen molar-refractivity contribution in [3.05, 3.63) is 70.8 Å². The lowest BCUT2D eigenvalue weighted by molar-refractivity contribution is -0.115. The fourth-order valence-electron chi connectivity index (χ4n) is 2.18. The number of hydrogen-bond acceptors (Lipinski definition) is 6.